The predicted molar refractivity (Wildman–Crippen MR) is 130 cm³/mol. The van der Waals surface area contributed by atoms with Crippen LogP contribution in [0.4, 0.5) is 0 Å². The van der Waals surface area contributed by atoms with Crippen LogP contribution in [0.25, 0.3) is 33.1 Å². The van der Waals surface area contributed by atoms with Crippen molar-refractivity contribution in [1.29, 1.82) is 0 Å². The maximum atomic E-state index is 12.7. The van der Waals surface area contributed by atoms with Gasteiger partial charge in [-0.05, 0) is 60.7 Å². The zero-order valence-electron chi connectivity index (χ0n) is 17.3. The predicted octanol–water partition coefficient (Wildman–Crippen LogP) is 6.13. The fourth-order valence-electron chi connectivity index (χ4n) is 3.61. The van der Waals surface area contributed by atoms with Gasteiger partial charge in [-0.15, -0.1) is 0 Å². The maximum Gasteiger partial charge on any atom is 0.344 e. The summed E-state index contributed by atoms with van der Waals surface area (Å²) in [5.74, 6) is 0.0897. The first-order chi connectivity index (χ1) is 16.4. The minimum absolute atomic E-state index is 0.194. The van der Waals surface area contributed by atoms with Crippen molar-refractivity contribution in [3.63, 3.8) is 0 Å². The largest absolute Gasteiger partial charge is 0.485 e. The van der Waals surface area contributed by atoms with Crippen LogP contribution in [0.5, 0.6) is 5.75 Å². The highest BCUT2D eigenvalue weighted by atomic mass is 35.5. The molecule has 168 valence electrons. The van der Waals surface area contributed by atoms with Crippen LogP contribution < -0.4 is 16.0 Å². The number of Topliss-reactive ketones (excluding diaryl/α,β-unsaturated/α-hetero) is 1. The molecule has 5 aromatic rings. The molecule has 0 saturated carbocycles. The summed E-state index contributed by atoms with van der Waals surface area (Å²) in [6.45, 7) is -0.216. The van der Waals surface area contributed by atoms with E-state index in [9.17, 15) is 14.4 Å². The van der Waals surface area contributed by atoms with Gasteiger partial charge in [0.15, 0.2) is 12.4 Å². The molecule has 0 fully saturated rings. The van der Waals surface area contributed by atoms with Gasteiger partial charge in [-0.2, -0.15) is 0 Å². The van der Waals surface area contributed by atoms with Crippen LogP contribution in [0, 0.1) is 0 Å². The lowest BCUT2D eigenvalue weighted by Gasteiger charge is -2.09. The Morgan fingerprint density at radius 2 is 1.53 bits per heavy atom. The highest BCUT2D eigenvalue weighted by molar-refractivity contribution is 6.31. The third kappa shape index (κ3) is 4.33. The van der Waals surface area contributed by atoms with Gasteiger partial charge >= 0.3 is 11.3 Å². The summed E-state index contributed by atoms with van der Waals surface area (Å²) in [4.78, 5) is 37.3. The third-order valence-corrected chi connectivity index (χ3v) is 5.72. The molecule has 0 bridgehead atoms. The number of ether oxygens (including phenoxy) is 1. The molecule has 6 nitrogen and oxygen atoms in total. The summed E-state index contributed by atoms with van der Waals surface area (Å²) in [7, 11) is 0. The highest BCUT2D eigenvalue weighted by Crippen LogP contribution is 2.30. The van der Waals surface area contributed by atoms with Gasteiger partial charge in [0, 0.05) is 44.1 Å². The normalized spacial score (nSPS) is 11.1. The first-order valence-electron chi connectivity index (χ1n) is 10.1. The van der Waals surface area contributed by atoms with Crippen LogP contribution in [0.15, 0.2) is 91.2 Å². The Morgan fingerprint density at radius 3 is 2.32 bits per heavy atom. The lowest BCUT2D eigenvalue weighted by molar-refractivity contribution is 0.0921. The van der Waals surface area contributed by atoms with Gasteiger partial charge in [-0.1, -0.05) is 23.2 Å². The zero-order valence-corrected chi connectivity index (χ0v) is 18.9. The Morgan fingerprint density at radius 1 is 0.765 bits per heavy atom. The van der Waals surface area contributed by atoms with E-state index in [2.05, 4.69) is 0 Å². The average molecular weight is 493 g/mol. The second-order valence-electron chi connectivity index (χ2n) is 7.49. The van der Waals surface area contributed by atoms with E-state index in [1.165, 1.54) is 12.1 Å². The molecule has 34 heavy (non-hydrogen) atoms. The van der Waals surface area contributed by atoms with Crippen LogP contribution in [0.3, 0.4) is 0 Å². The van der Waals surface area contributed by atoms with E-state index >= 15 is 0 Å². The highest BCUT2D eigenvalue weighted by Gasteiger charge is 2.15. The smallest absolute Gasteiger partial charge is 0.344 e. The molecule has 8 heteroatoms. The molecule has 0 amide bonds. The average Bonchev–Trinajstić information content (AvgIpc) is 2.82. The molecule has 2 aromatic heterocycles. The molecule has 2 heterocycles. The van der Waals surface area contributed by atoms with Crippen molar-refractivity contribution < 1.29 is 18.4 Å². The maximum absolute atomic E-state index is 12.7. The molecule has 0 atom stereocenters. The Balaban J connectivity index is 1.50. The minimum atomic E-state index is -0.650. The quantitative estimate of drug-likeness (QED) is 0.216. The molecule has 0 aliphatic rings. The fourth-order valence-corrected chi connectivity index (χ4v) is 3.91. The van der Waals surface area contributed by atoms with Crippen LogP contribution in [0.1, 0.15) is 10.4 Å². The summed E-state index contributed by atoms with van der Waals surface area (Å²) in [5, 5.41) is 2.13. The summed E-state index contributed by atoms with van der Waals surface area (Å²) in [6.07, 6.45) is 0. The number of fused-ring (bicyclic) bond motifs is 2. The fraction of sp³-hybridized carbons (Fsp3) is 0.0385. The van der Waals surface area contributed by atoms with Crippen LogP contribution >= 0.6 is 23.2 Å². The van der Waals surface area contributed by atoms with E-state index < -0.39 is 11.3 Å². The summed E-state index contributed by atoms with van der Waals surface area (Å²) < 4.78 is 16.3. The lowest BCUT2D eigenvalue weighted by atomic mass is 10.0. The molecule has 0 radical (unpaired) electrons. The molecule has 3 aromatic carbocycles. The van der Waals surface area contributed by atoms with Crippen molar-refractivity contribution >= 4 is 50.9 Å². The Labute approximate surface area is 201 Å². The number of carbonyl (C=O) groups excluding carboxylic acids is 1. The topological polar surface area (TPSA) is 86.7 Å². The second-order valence-corrected chi connectivity index (χ2v) is 8.36. The van der Waals surface area contributed by atoms with E-state index in [-0.39, 0.29) is 23.5 Å². The van der Waals surface area contributed by atoms with Gasteiger partial charge in [0.2, 0.25) is 0 Å². The summed E-state index contributed by atoms with van der Waals surface area (Å²) >= 11 is 11.9. The monoisotopic (exact) mass is 492 g/mol. The zero-order chi connectivity index (χ0) is 23.8. The van der Waals surface area contributed by atoms with Crippen LogP contribution in [0.2, 0.25) is 10.0 Å². The van der Waals surface area contributed by atoms with Gasteiger partial charge in [0.25, 0.3) is 0 Å². The first-order valence-corrected chi connectivity index (χ1v) is 10.9. The van der Waals surface area contributed by atoms with Crippen molar-refractivity contribution in [2.45, 2.75) is 0 Å². The number of rotatable bonds is 5. The van der Waals surface area contributed by atoms with E-state index in [1.54, 1.807) is 60.7 Å². The van der Waals surface area contributed by atoms with Gasteiger partial charge < -0.3 is 13.6 Å². The van der Waals surface area contributed by atoms with Crippen molar-refractivity contribution in [3.8, 4) is 16.9 Å². The first kappa shape index (κ1) is 21.9. The van der Waals surface area contributed by atoms with Gasteiger partial charge in [0.05, 0.1) is 5.56 Å². The summed E-state index contributed by atoms with van der Waals surface area (Å²) in [6, 6.07) is 19.0. The van der Waals surface area contributed by atoms with Crippen molar-refractivity contribution in [3.05, 3.63) is 109 Å². The number of hydrogen-bond donors (Lipinski definition) is 0. The van der Waals surface area contributed by atoms with Crippen molar-refractivity contribution in [2.24, 2.45) is 0 Å². The number of halogens is 2. The van der Waals surface area contributed by atoms with E-state index in [1.807, 2.05) is 0 Å². The van der Waals surface area contributed by atoms with Gasteiger partial charge in [-0.25, -0.2) is 9.59 Å². The Hall–Kier alpha value is -3.87. The molecule has 5 rings (SSSR count). The van der Waals surface area contributed by atoms with Gasteiger partial charge in [-0.3, -0.25) is 4.79 Å². The molecule has 0 aliphatic carbocycles. The SMILES string of the molecule is O=C(COc1ccc2c(-c3cc4cc(Cl)ccc4oc3=O)cc(=O)oc2c1)c1ccc(Cl)cc1. The van der Waals surface area contributed by atoms with Crippen molar-refractivity contribution in [1.82, 2.24) is 0 Å². The molecular formula is C26H14Cl2O6. The third-order valence-electron chi connectivity index (χ3n) is 5.24. The Kier molecular flexibility index (Phi) is 5.69. The second kappa shape index (κ2) is 8.82. The van der Waals surface area contributed by atoms with Crippen LogP contribution in [-0.4, -0.2) is 12.4 Å². The molecule has 0 unspecified atom stereocenters. The molecule has 0 aliphatic heterocycles. The number of ketones is 1. The molecule has 0 N–H and O–H groups in total. The summed E-state index contributed by atoms with van der Waals surface area (Å²) in [5.41, 5.74) is 0.334. The minimum Gasteiger partial charge on any atom is -0.485 e. The lowest BCUT2D eigenvalue weighted by Crippen LogP contribution is -2.11. The van der Waals surface area contributed by atoms with Crippen molar-refractivity contribution in [2.75, 3.05) is 6.61 Å². The van der Waals surface area contributed by atoms with E-state index in [0.29, 0.717) is 43.3 Å². The van der Waals surface area contributed by atoms with Crippen LogP contribution in [-0.2, 0) is 0 Å². The number of carbonyl (C=O) groups is 1. The standard InChI is InChI=1S/C26H14Cl2O6/c27-16-3-1-14(2-4-16)22(29)13-32-18-6-7-19-20(12-25(30)33-24(19)11-18)21-10-15-9-17(28)5-8-23(15)34-26(21)31/h1-12H,13H2. The molecule has 0 saturated heterocycles. The Bertz CT molecular complexity index is 1680. The van der Waals surface area contributed by atoms with Gasteiger partial charge in [0.1, 0.15) is 16.9 Å². The number of hydrogen-bond acceptors (Lipinski definition) is 6. The van der Waals surface area contributed by atoms with E-state index in [4.69, 9.17) is 36.8 Å². The van der Waals surface area contributed by atoms with E-state index in [0.717, 1.165) is 0 Å². The number of benzene rings is 3. The molecular weight excluding hydrogens is 479 g/mol. The molecule has 0 spiro atoms.